The largest absolute Gasteiger partial charge is 0.516 e. The van der Waals surface area contributed by atoms with E-state index in [-0.39, 0.29) is 23.7 Å². The number of carbonyl (C=O) groups excluding carboxylic acids is 1. The lowest BCUT2D eigenvalue weighted by molar-refractivity contribution is -0.136. The number of carbonyl (C=O) groups is 1. The predicted molar refractivity (Wildman–Crippen MR) is 136 cm³/mol. The number of alkyl halides is 6. The van der Waals surface area contributed by atoms with Crippen molar-refractivity contribution >= 4 is 32.6 Å². The van der Waals surface area contributed by atoms with Crippen LogP contribution in [-0.2, 0) is 29.2 Å². The van der Waals surface area contributed by atoms with Crippen molar-refractivity contribution in [2.24, 2.45) is 5.73 Å². The molecule has 1 fully saturated rings. The fourth-order valence-electron chi connectivity index (χ4n) is 4.73. The van der Waals surface area contributed by atoms with E-state index >= 15 is 0 Å². The molecule has 0 spiro atoms. The Bertz CT molecular complexity index is 1770. The van der Waals surface area contributed by atoms with Crippen LogP contribution in [0.5, 0.6) is 0 Å². The Morgan fingerprint density at radius 1 is 1.12 bits per heavy atom. The van der Waals surface area contributed by atoms with Gasteiger partial charge in [-0.2, -0.15) is 34.8 Å². The van der Waals surface area contributed by atoms with Gasteiger partial charge in [-0.3, -0.25) is 9.52 Å². The summed E-state index contributed by atoms with van der Waals surface area (Å²) in [5.41, 5.74) is -1.79. The summed E-state index contributed by atoms with van der Waals surface area (Å²) in [7, 11) is -5.94. The molecule has 8 nitrogen and oxygen atoms in total. The molecule has 0 bridgehead atoms. The second-order valence-corrected chi connectivity index (χ2v) is 11.2. The molecule has 1 amide bonds. The van der Waals surface area contributed by atoms with Gasteiger partial charge in [0.1, 0.15) is 28.4 Å². The summed E-state index contributed by atoms with van der Waals surface area (Å²) in [4.78, 5) is 16.9. The van der Waals surface area contributed by atoms with Crippen molar-refractivity contribution in [1.82, 2.24) is 9.55 Å². The third-order valence-corrected chi connectivity index (χ3v) is 7.78. The molecule has 1 aliphatic rings. The van der Waals surface area contributed by atoms with Crippen LogP contribution in [0.4, 0.5) is 32.0 Å². The Hall–Kier alpha value is -4.01. The van der Waals surface area contributed by atoms with Crippen molar-refractivity contribution in [1.29, 1.82) is 0 Å². The number of nitrogens with one attached hydrogen (secondary N) is 1. The van der Waals surface area contributed by atoms with Crippen LogP contribution in [0.3, 0.4) is 0 Å². The first-order valence-corrected chi connectivity index (χ1v) is 13.8. The van der Waals surface area contributed by atoms with E-state index in [0.717, 1.165) is 31.0 Å². The molecule has 1 saturated carbocycles. The summed E-state index contributed by atoms with van der Waals surface area (Å²) in [5, 5.41) is -0.403. The van der Waals surface area contributed by atoms with E-state index in [1.165, 1.54) is 29.0 Å². The fourth-order valence-corrected chi connectivity index (χ4v) is 5.31. The zero-order valence-corrected chi connectivity index (χ0v) is 22.0. The Balaban J connectivity index is 1.64. The van der Waals surface area contributed by atoms with Gasteiger partial charge in [-0.05, 0) is 42.7 Å². The minimum absolute atomic E-state index is 0.0309. The zero-order valence-electron chi connectivity index (χ0n) is 21.2. The molecule has 218 valence electrons. The molecule has 0 aliphatic heterocycles. The maximum atomic E-state index is 14.4. The van der Waals surface area contributed by atoms with E-state index in [4.69, 9.17) is 10.2 Å². The Morgan fingerprint density at radius 3 is 2.39 bits per heavy atom. The molecule has 0 radical (unpaired) electrons. The highest BCUT2D eigenvalue weighted by Gasteiger charge is 2.47. The third kappa shape index (κ3) is 5.25. The van der Waals surface area contributed by atoms with Gasteiger partial charge in [0.2, 0.25) is 0 Å². The highest BCUT2D eigenvalue weighted by atomic mass is 32.2. The Morgan fingerprint density at radius 2 is 1.80 bits per heavy atom. The van der Waals surface area contributed by atoms with Gasteiger partial charge in [-0.1, -0.05) is 25.1 Å². The third-order valence-electron chi connectivity index (χ3n) is 6.68. The van der Waals surface area contributed by atoms with Crippen LogP contribution in [0.2, 0.25) is 0 Å². The van der Waals surface area contributed by atoms with Crippen LogP contribution in [0.25, 0.3) is 22.3 Å². The number of rotatable bonds is 8. The van der Waals surface area contributed by atoms with Gasteiger partial charge in [0.05, 0.1) is 11.4 Å². The smallest absolute Gasteiger partial charge is 0.455 e. The van der Waals surface area contributed by atoms with Crippen LogP contribution in [0, 0.1) is 0 Å². The molecule has 2 heterocycles. The minimum atomic E-state index is -5.94. The van der Waals surface area contributed by atoms with Crippen molar-refractivity contribution in [2.75, 3.05) is 4.72 Å². The Labute approximate surface area is 229 Å². The summed E-state index contributed by atoms with van der Waals surface area (Å²) in [5.74, 6) is -0.944. The van der Waals surface area contributed by atoms with Crippen molar-refractivity contribution in [2.45, 2.75) is 50.3 Å². The standard InChI is InChI=1S/C26H22F6N4O4S/c1-2-19-34-21(14-8-9-14)22(24(33)37)36(19)12-13-7-10-18-16(11-13)20(25(27,28)29)23(40-18)15-5-3-4-6-17(15)35-41(38,39)26(30,31)32/h3-7,10-11,14,35H,2,8-9,12H2,1H3,(H2,33,37). The number of furan rings is 1. The number of imidazole rings is 1. The molecule has 0 unspecified atom stereocenters. The molecule has 2 aromatic carbocycles. The lowest BCUT2D eigenvalue weighted by Crippen LogP contribution is -2.30. The number of aromatic nitrogens is 2. The van der Waals surface area contributed by atoms with Crippen molar-refractivity contribution < 1.29 is 44.0 Å². The number of aryl methyl sites for hydroxylation is 1. The SMILES string of the molecule is CCc1nc(C2CC2)c(C(N)=O)n1Cc1ccc2oc(-c3ccccc3NS(=O)(=O)C(F)(F)F)c(C(F)(F)F)c2c1. The number of amides is 1. The monoisotopic (exact) mass is 600 g/mol. The number of nitrogens with zero attached hydrogens (tertiary/aromatic N) is 2. The second kappa shape index (κ2) is 9.82. The van der Waals surface area contributed by atoms with Gasteiger partial charge in [0.15, 0.2) is 0 Å². The van der Waals surface area contributed by atoms with Gasteiger partial charge in [0.25, 0.3) is 5.91 Å². The van der Waals surface area contributed by atoms with E-state index in [2.05, 4.69) is 4.98 Å². The van der Waals surface area contributed by atoms with Crippen molar-refractivity contribution in [3.63, 3.8) is 0 Å². The molecule has 0 saturated heterocycles. The molecule has 4 aromatic rings. The summed E-state index contributed by atoms with van der Waals surface area (Å²) in [6.07, 6.45) is -2.92. The fraction of sp³-hybridized carbons (Fsp3) is 0.308. The summed E-state index contributed by atoms with van der Waals surface area (Å²) in [6.45, 7) is 1.79. The van der Waals surface area contributed by atoms with Gasteiger partial charge >= 0.3 is 21.7 Å². The van der Waals surface area contributed by atoms with E-state index in [1.54, 1.807) is 4.57 Å². The predicted octanol–water partition coefficient (Wildman–Crippen LogP) is 6.16. The van der Waals surface area contributed by atoms with Crippen LogP contribution >= 0.6 is 0 Å². The molecule has 5 rings (SSSR count). The molecular weight excluding hydrogens is 578 g/mol. The maximum Gasteiger partial charge on any atom is 0.516 e. The number of nitrogens with two attached hydrogens (primary N) is 1. The number of fused-ring (bicyclic) bond motifs is 1. The zero-order chi connectivity index (χ0) is 29.9. The lowest BCUT2D eigenvalue weighted by Gasteiger charge is -2.14. The first-order chi connectivity index (χ1) is 19.1. The van der Waals surface area contributed by atoms with Gasteiger partial charge in [0, 0.05) is 29.8 Å². The van der Waals surface area contributed by atoms with Crippen molar-refractivity contribution in [3.8, 4) is 11.3 Å². The topological polar surface area (TPSA) is 120 Å². The van der Waals surface area contributed by atoms with E-state index in [9.17, 15) is 39.6 Å². The minimum Gasteiger partial charge on any atom is -0.455 e. The highest BCUT2D eigenvalue weighted by molar-refractivity contribution is 7.93. The summed E-state index contributed by atoms with van der Waals surface area (Å²) in [6, 6.07) is 8.25. The van der Waals surface area contributed by atoms with Crippen LogP contribution in [0.15, 0.2) is 46.9 Å². The molecule has 0 atom stereocenters. The second-order valence-electron chi connectivity index (χ2n) is 9.57. The first-order valence-electron chi connectivity index (χ1n) is 12.3. The van der Waals surface area contributed by atoms with Crippen molar-refractivity contribution in [3.05, 3.63) is 70.8 Å². The molecular formula is C26H22F6N4O4S. The number of primary amides is 1. The number of hydrogen-bond donors (Lipinski definition) is 2. The first kappa shape index (κ1) is 28.5. The van der Waals surface area contributed by atoms with Gasteiger partial charge < -0.3 is 14.7 Å². The average molecular weight is 601 g/mol. The Kier molecular flexibility index (Phi) is 6.83. The van der Waals surface area contributed by atoms with E-state index in [0.29, 0.717) is 23.5 Å². The maximum absolute atomic E-state index is 14.4. The molecule has 15 heteroatoms. The number of benzene rings is 2. The quantitative estimate of drug-likeness (QED) is 0.235. The number of halogens is 6. The molecule has 2 aromatic heterocycles. The number of hydrogen-bond acceptors (Lipinski definition) is 5. The normalized spacial score (nSPS) is 14.5. The lowest BCUT2D eigenvalue weighted by atomic mass is 10.0. The van der Waals surface area contributed by atoms with Crippen LogP contribution in [-0.4, -0.2) is 29.4 Å². The van der Waals surface area contributed by atoms with E-state index < -0.39 is 55.6 Å². The van der Waals surface area contributed by atoms with E-state index in [1.807, 2.05) is 6.92 Å². The summed E-state index contributed by atoms with van der Waals surface area (Å²) < 4.78 is 114. The van der Waals surface area contributed by atoms with Gasteiger partial charge in [-0.25, -0.2) is 4.98 Å². The van der Waals surface area contributed by atoms with Gasteiger partial charge in [-0.15, -0.1) is 0 Å². The number of anilines is 1. The highest BCUT2D eigenvalue weighted by Crippen LogP contribution is 2.46. The molecule has 1 aliphatic carbocycles. The summed E-state index contributed by atoms with van der Waals surface area (Å²) >= 11 is 0. The van der Waals surface area contributed by atoms with Crippen LogP contribution < -0.4 is 10.5 Å². The molecule has 3 N–H and O–H groups in total. The van der Waals surface area contributed by atoms with Crippen LogP contribution in [0.1, 0.15) is 58.8 Å². The number of sulfonamides is 1. The number of para-hydroxylation sites is 1. The molecule has 41 heavy (non-hydrogen) atoms. The average Bonchev–Trinajstić information content (AvgIpc) is 3.54.